The van der Waals surface area contributed by atoms with Crippen LogP contribution in [0.2, 0.25) is 0 Å². The standard InChI is InChI=1S/C12H17NO3/c1-7-4-5-13-6-10(7)11(14)8(2)9(3)12(15)16/h4-6,8-9,11,14H,1-3H3,(H,15,16). The first-order valence-electron chi connectivity index (χ1n) is 5.26. The summed E-state index contributed by atoms with van der Waals surface area (Å²) in [6.07, 6.45) is 2.45. The molecule has 0 aliphatic carbocycles. The van der Waals surface area contributed by atoms with Gasteiger partial charge in [-0.2, -0.15) is 0 Å². The molecule has 0 amide bonds. The second-order valence-electron chi connectivity index (χ2n) is 4.16. The Kier molecular flexibility index (Phi) is 4.01. The lowest BCUT2D eigenvalue weighted by Crippen LogP contribution is -2.24. The van der Waals surface area contributed by atoms with Crippen LogP contribution >= 0.6 is 0 Å². The third kappa shape index (κ3) is 2.58. The largest absolute Gasteiger partial charge is 0.481 e. The molecule has 2 N–H and O–H groups in total. The van der Waals surface area contributed by atoms with E-state index < -0.39 is 18.0 Å². The van der Waals surface area contributed by atoms with Crippen molar-refractivity contribution in [1.82, 2.24) is 4.98 Å². The summed E-state index contributed by atoms with van der Waals surface area (Å²) < 4.78 is 0. The Balaban J connectivity index is 2.90. The van der Waals surface area contributed by atoms with Gasteiger partial charge in [0.05, 0.1) is 12.0 Å². The summed E-state index contributed by atoms with van der Waals surface area (Å²) in [6, 6.07) is 1.80. The van der Waals surface area contributed by atoms with Gasteiger partial charge < -0.3 is 10.2 Å². The van der Waals surface area contributed by atoms with Gasteiger partial charge in [-0.15, -0.1) is 0 Å². The second-order valence-corrected chi connectivity index (χ2v) is 4.16. The molecule has 1 aromatic heterocycles. The highest BCUT2D eigenvalue weighted by Gasteiger charge is 2.27. The quantitative estimate of drug-likeness (QED) is 0.816. The minimum atomic E-state index is -0.895. The number of carbonyl (C=O) groups is 1. The number of aliphatic carboxylic acids is 1. The van der Waals surface area contributed by atoms with Crippen molar-refractivity contribution < 1.29 is 15.0 Å². The van der Waals surface area contributed by atoms with E-state index >= 15 is 0 Å². The zero-order valence-electron chi connectivity index (χ0n) is 9.71. The molecule has 0 saturated heterocycles. The lowest BCUT2D eigenvalue weighted by atomic mass is 9.86. The van der Waals surface area contributed by atoms with E-state index in [1.165, 1.54) is 0 Å². The van der Waals surface area contributed by atoms with E-state index in [1.54, 1.807) is 32.3 Å². The van der Waals surface area contributed by atoms with Gasteiger partial charge in [-0.1, -0.05) is 13.8 Å². The fourth-order valence-corrected chi connectivity index (χ4v) is 1.57. The zero-order valence-corrected chi connectivity index (χ0v) is 9.71. The van der Waals surface area contributed by atoms with Crippen LogP contribution in [0.15, 0.2) is 18.5 Å². The van der Waals surface area contributed by atoms with E-state index in [4.69, 9.17) is 5.11 Å². The van der Waals surface area contributed by atoms with Crippen LogP contribution in [-0.4, -0.2) is 21.2 Å². The lowest BCUT2D eigenvalue weighted by molar-refractivity contribution is -0.144. The molecule has 0 fully saturated rings. The molecule has 1 rings (SSSR count). The minimum absolute atomic E-state index is 0.347. The Bertz CT molecular complexity index is 378. The monoisotopic (exact) mass is 223 g/mol. The van der Waals surface area contributed by atoms with Crippen molar-refractivity contribution in [2.24, 2.45) is 11.8 Å². The van der Waals surface area contributed by atoms with Crippen molar-refractivity contribution >= 4 is 5.97 Å². The summed E-state index contributed by atoms with van der Waals surface area (Å²) in [5.74, 6) is -1.83. The summed E-state index contributed by atoms with van der Waals surface area (Å²) in [5, 5.41) is 19.0. The van der Waals surface area contributed by atoms with Crippen molar-refractivity contribution in [3.63, 3.8) is 0 Å². The van der Waals surface area contributed by atoms with Gasteiger partial charge in [0.1, 0.15) is 0 Å². The summed E-state index contributed by atoms with van der Waals surface area (Å²) in [5.41, 5.74) is 1.62. The fourth-order valence-electron chi connectivity index (χ4n) is 1.57. The summed E-state index contributed by atoms with van der Waals surface area (Å²) in [4.78, 5) is 14.8. The number of nitrogens with zero attached hydrogens (tertiary/aromatic N) is 1. The third-order valence-electron chi connectivity index (χ3n) is 3.07. The molecule has 0 aromatic carbocycles. The van der Waals surface area contributed by atoms with Gasteiger partial charge in [-0.3, -0.25) is 9.78 Å². The van der Waals surface area contributed by atoms with Gasteiger partial charge in [0.15, 0.2) is 0 Å². The number of carboxylic acids is 1. The van der Waals surface area contributed by atoms with Crippen LogP contribution in [0.25, 0.3) is 0 Å². The number of aromatic nitrogens is 1. The topological polar surface area (TPSA) is 70.4 Å². The number of rotatable bonds is 4. The van der Waals surface area contributed by atoms with Gasteiger partial charge in [0.2, 0.25) is 0 Å². The van der Waals surface area contributed by atoms with E-state index in [2.05, 4.69) is 4.98 Å². The van der Waals surface area contributed by atoms with Crippen molar-refractivity contribution in [2.75, 3.05) is 0 Å². The van der Waals surface area contributed by atoms with E-state index in [0.717, 1.165) is 5.56 Å². The summed E-state index contributed by atoms with van der Waals surface area (Å²) in [7, 11) is 0. The molecule has 0 spiro atoms. The number of hydrogen-bond donors (Lipinski definition) is 2. The average molecular weight is 223 g/mol. The van der Waals surface area contributed by atoms with Crippen LogP contribution in [0.3, 0.4) is 0 Å². The fraction of sp³-hybridized carbons (Fsp3) is 0.500. The predicted octanol–water partition coefficient (Wildman–Crippen LogP) is 1.78. The molecular weight excluding hydrogens is 206 g/mol. The number of carboxylic acid groups (broad SMARTS) is 1. The predicted molar refractivity (Wildman–Crippen MR) is 59.9 cm³/mol. The first kappa shape index (κ1) is 12.6. The molecule has 0 bridgehead atoms. The Morgan fingerprint density at radius 2 is 2.06 bits per heavy atom. The van der Waals surface area contributed by atoms with Crippen molar-refractivity contribution in [2.45, 2.75) is 26.9 Å². The molecule has 0 saturated carbocycles. The molecule has 0 aliphatic heterocycles. The van der Waals surface area contributed by atoms with E-state index in [9.17, 15) is 9.90 Å². The molecular formula is C12H17NO3. The van der Waals surface area contributed by atoms with E-state index in [0.29, 0.717) is 5.56 Å². The average Bonchev–Trinajstić information content (AvgIpc) is 2.26. The Labute approximate surface area is 95.0 Å². The highest BCUT2D eigenvalue weighted by atomic mass is 16.4. The SMILES string of the molecule is Cc1ccncc1C(O)C(C)C(C)C(=O)O. The number of hydrogen-bond acceptors (Lipinski definition) is 3. The number of aliphatic hydroxyl groups excluding tert-OH is 1. The smallest absolute Gasteiger partial charge is 0.306 e. The minimum Gasteiger partial charge on any atom is -0.481 e. The number of pyridine rings is 1. The Hall–Kier alpha value is -1.42. The second kappa shape index (κ2) is 5.07. The molecule has 88 valence electrons. The van der Waals surface area contributed by atoms with Crippen LogP contribution in [0, 0.1) is 18.8 Å². The van der Waals surface area contributed by atoms with E-state index in [-0.39, 0.29) is 5.92 Å². The van der Waals surface area contributed by atoms with E-state index in [1.807, 2.05) is 6.92 Å². The van der Waals surface area contributed by atoms with Gasteiger partial charge >= 0.3 is 5.97 Å². The molecule has 1 aromatic rings. The molecule has 3 atom stereocenters. The van der Waals surface area contributed by atoms with Gasteiger partial charge in [-0.25, -0.2) is 0 Å². The van der Waals surface area contributed by atoms with Crippen molar-refractivity contribution in [1.29, 1.82) is 0 Å². The molecule has 1 heterocycles. The maximum absolute atomic E-state index is 10.8. The molecule has 3 unspecified atom stereocenters. The van der Waals surface area contributed by atoms with Gasteiger partial charge in [0.25, 0.3) is 0 Å². The first-order chi connectivity index (χ1) is 7.45. The number of aliphatic hydroxyl groups is 1. The van der Waals surface area contributed by atoms with Crippen molar-refractivity contribution in [3.05, 3.63) is 29.6 Å². The maximum Gasteiger partial charge on any atom is 0.306 e. The Morgan fingerprint density at radius 3 is 2.56 bits per heavy atom. The summed E-state index contributed by atoms with van der Waals surface area (Å²) >= 11 is 0. The molecule has 4 heteroatoms. The highest BCUT2D eigenvalue weighted by molar-refractivity contribution is 5.69. The van der Waals surface area contributed by atoms with Gasteiger partial charge in [0, 0.05) is 18.0 Å². The maximum atomic E-state index is 10.8. The molecule has 0 aliphatic rings. The lowest BCUT2D eigenvalue weighted by Gasteiger charge is -2.23. The van der Waals surface area contributed by atoms with Gasteiger partial charge in [-0.05, 0) is 24.5 Å². The Morgan fingerprint density at radius 1 is 1.44 bits per heavy atom. The third-order valence-corrected chi connectivity index (χ3v) is 3.07. The zero-order chi connectivity index (χ0) is 12.3. The van der Waals surface area contributed by atoms with Crippen LogP contribution in [-0.2, 0) is 4.79 Å². The first-order valence-corrected chi connectivity index (χ1v) is 5.26. The normalized spacial score (nSPS) is 16.5. The molecule has 16 heavy (non-hydrogen) atoms. The number of aryl methyl sites for hydroxylation is 1. The van der Waals surface area contributed by atoms with Crippen LogP contribution in [0.1, 0.15) is 31.1 Å². The highest BCUT2D eigenvalue weighted by Crippen LogP contribution is 2.29. The van der Waals surface area contributed by atoms with Crippen LogP contribution in [0.4, 0.5) is 0 Å². The molecule has 4 nitrogen and oxygen atoms in total. The van der Waals surface area contributed by atoms with Crippen molar-refractivity contribution in [3.8, 4) is 0 Å². The summed E-state index contributed by atoms with van der Waals surface area (Å²) in [6.45, 7) is 5.20. The van der Waals surface area contributed by atoms with Crippen LogP contribution in [0.5, 0.6) is 0 Å². The van der Waals surface area contributed by atoms with Crippen LogP contribution < -0.4 is 0 Å². The molecule has 0 radical (unpaired) electrons.